The molecule has 5 N–H and O–H groups in total. The summed E-state index contributed by atoms with van der Waals surface area (Å²) < 4.78 is 0. The summed E-state index contributed by atoms with van der Waals surface area (Å²) in [6.45, 7) is 1.74. The van der Waals surface area contributed by atoms with Gasteiger partial charge in [0.1, 0.15) is 0 Å². The third kappa shape index (κ3) is 5.91. The van der Waals surface area contributed by atoms with Gasteiger partial charge < -0.3 is 21.5 Å². The second-order valence-electron chi connectivity index (χ2n) is 9.09. The number of nitrogens with zero attached hydrogens (tertiary/aromatic N) is 1. The number of rotatable bonds is 8. The molecular formula is C27H32N4O3. The maximum absolute atomic E-state index is 13.2. The molecule has 0 saturated heterocycles. The minimum Gasteiger partial charge on any atom is -0.465 e. The van der Waals surface area contributed by atoms with Crippen LogP contribution >= 0.6 is 0 Å². The predicted molar refractivity (Wildman–Crippen MR) is 134 cm³/mol. The normalized spacial score (nSPS) is 17.9. The number of carboxylic acid groups (broad SMARTS) is 1. The van der Waals surface area contributed by atoms with Crippen LogP contribution in [0.25, 0.3) is 22.2 Å². The zero-order valence-electron chi connectivity index (χ0n) is 19.3. The molecule has 0 bridgehead atoms. The van der Waals surface area contributed by atoms with Crippen LogP contribution in [0.2, 0.25) is 0 Å². The fourth-order valence-corrected chi connectivity index (χ4v) is 4.72. The van der Waals surface area contributed by atoms with Crippen LogP contribution in [-0.2, 0) is 6.42 Å². The number of nitrogens with two attached hydrogens (primary N) is 1. The first-order chi connectivity index (χ1) is 16.5. The van der Waals surface area contributed by atoms with Crippen LogP contribution in [0.3, 0.4) is 0 Å². The number of hydrogen-bond donors (Lipinski definition) is 4. The lowest BCUT2D eigenvalue weighted by Gasteiger charge is -2.28. The third-order valence-corrected chi connectivity index (χ3v) is 6.70. The van der Waals surface area contributed by atoms with Crippen molar-refractivity contribution in [1.29, 1.82) is 0 Å². The van der Waals surface area contributed by atoms with E-state index in [9.17, 15) is 9.59 Å². The van der Waals surface area contributed by atoms with Crippen molar-refractivity contribution in [3.8, 4) is 11.3 Å². The summed E-state index contributed by atoms with van der Waals surface area (Å²) in [6, 6.07) is 17.8. The van der Waals surface area contributed by atoms with Crippen molar-refractivity contribution in [3.05, 3.63) is 65.7 Å². The van der Waals surface area contributed by atoms with Gasteiger partial charge >= 0.3 is 6.09 Å². The van der Waals surface area contributed by atoms with Gasteiger partial charge in [-0.2, -0.15) is 0 Å². The molecule has 1 saturated carbocycles. The maximum atomic E-state index is 13.2. The largest absolute Gasteiger partial charge is 0.465 e. The minimum absolute atomic E-state index is 0.0886. The first-order valence-corrected chi connectivity index (χ1v) is 12.0. The minimum atomic E-state index is -0.968. The molecule has 0 spiro atoms. The molecule has 3 aromatic rings. The van der Waals surface area contributed by atoms with Crippen LogP contribution < -0.4 is 16.4 Å². The zero-order chi connectivity index (χ0) is 23.9. The van der Waals surface area contributed by atoms with Crippen LogP contribution in [0.15, 0.2) is 54.6 Å². The number of benzene rings is 2. The molecule has 7 nitrogen and oxygen atoms in total. The fraction of sp³-hybridized carbons (Fsp3) is 0.370. The summed E-state index contributed by atoms with van der Waals surface area (Å²) in [7, 11) is 0. The molecule has 1 aliphatic rings. The zero-order valence-corrected chi connectivity index (χ0v) is 19.3. The predicted octanol–water partition coefficient (Wildman–Crippen LogP) is 4.21. The van der Waals surface area contributed by atoms with Crippen molar-refractivity contribution >= 4 is 22.9 Å². The Labute approximate surface area is 199 Å². The van der Waals surface area contributed by atoms with Gasteiger partial charge in [-0.15, -0.1) is 0 Å². The van der Waals surface area contributed by atoms with Crippen molar-refractivity contribution in [2.45, 2.75) is 32.1 Å². The van der Waals surface area contributed by atoms with E-state index in [-0.39, 0.29) is 5.91 Å². The van der Waals surface area contributed by atoms with Gasteiger partial charge in [-0.3, -0.25) is 4.79 Å². The van der Waals surface area contributed by atoms with E-state index in [1.165, 1.54) is 5.56 Å². The number of carbonyl (C=O) groups is 2. The SMILES string of the molecule is NCCc1ccc(-c2cc(C(=O)NC[C@H]3CC[C@H](CNC(=O)O)CC3)c3ccccc3n2)cc1. The van der Waals surface area contributed by atoms with Crippen LogP contribution in [0.5, 0.6) is 0 Å². The average molecular weight is 461 g/mol. The van der Waals surface area contributed by atoms with Gasteiger partial charge in [-0.05, 0) is 68.2 Å². The van der Waals surface area contributed by atoms with E-state index in [4.69, 9.17) is 15.8 Å². The Morgan fingerprint density at radius 2 is 1.59 bits per heavy atom. The lowest BCUT2D eigenvalue weighted by molar-refractivity contribution is 0.0942. The number of fused-ring (bicyclic) bond motifs is 1. The molecule has 0 aliphatic heterocycles. The third-order valence-electron chi connectivity index (χ3n) is 6.70. The van der Waals surface area contributed by atoms with Crippen molar-refractivity contribution in [3.63, 3.8) is 0 Å². The molecule has 0 atom stereocenters. The average Bonchev–Trinajstić information content (AvgIpc) is 2.86. The number of aromatic nitrogens is 1. The van der Waals surface area contributed by atoms with E-state index in [1.54, 1.807) is 0 Å². The maximum Gasteiger partial charge on any atom is 0.404 e. The number of carbonyl (C=O) groups excluding carboxylic acids is 1. The van der Waals surface area contributed by atoms with Gasteiger partial charge in [0.25, 0.3) is 5.91 Å². The standard InChI is InChI=1S/C27H32N4O3/c28-14-13-18-9-11-21(12-10-18)25-15-23(22-3-1-2-4-24(22)31-25)26(32)29-16-19-5-7-20(8-6-19)17-30-27(33)34/h1-4,9-12,15,19-20,30H,5-8,13-14,16-17,28H2,(H,29,32)(H,33,34)/t19-,20-. The van der Waals surface area contributed by atoms with E-state index in [1.807, 2.05) is 42.5 Å². The quantitative estimate of drug-likeness (QED) is 0.402. The number of pyridine rings is 1. The van der Waals surface area contributed by atoms with Gasteiger partial charge in [-0.25, -0.2) is 9.78 Å². The highest BCUT2D eigenvalue weighted by Crippen LogP contribution is 2.29. The van der Waals surface area contributed by atoms with Crippen LogP contribution in [0.4, 0.5) is 4.79 Å². The fourth-order valence-electron chi connectivity index (χ4n) is 4.72. The molecule has 1 heterocycles. The Morgan fingerprint density at radius 3 is 2.24 bits per heavy atom. The molecule has 2 aromatic carbocycles. The van der Waals surface area contributed by atoms with Crippen LogP contribution in [0, 0.1) is 11.8 Å². The first kappa shape index (κ1) is 23.7. The number of hydrogen-bond acceptors (Lipinski definition) is 4. The summed E-state index contributed by atoms with van der Waals surface area (Å²) in [6.07, 6.45) is 3.79. The Balaban J connectivity index is 1.45. The first-order valence-electron chi connectivity index (χ1n) is 12.0. The molecule has 4 rings (SSSR count). The molecule has 0 unspecified atom stereocenters. The molecule has 1 aromatic heterocycles. The molecule has 34 heavy (non-hydrogen) atoms. The number of nitrogens with one attached hydrogen (secondary N) is 2. The second kappa shape index (κ2) is 11.1. The van der Waals surface area contributed by atoms with Gasteiger partial charge in [0, 0.05) is 24.0 Å². The van der Waals surface area contributed by atoms with E-state index in [0.29, 0.717) is 37.0 Å². The highest BCUT2D eigenvalue weighted by Gasteiger charge is 2.22. The molecule has 0 radical (unpaired) electrons. The summed E-state index contributed by atoms with van der Waals surface area (Å²) in [4.78, 5) is 28.7. The number of amides is 2. The van der Waals surface area contributed by atoms with Gasteiger partial charge in [0.15, 0.2) is 0 Å². The molecular weight excluding hydrogens is 428 g/mol. The second-order valence-corrected chi connectivity index (χ2v) is 9.09. The lowest BCUT2D eigenvalue weighted by Crippen LogP contribution is -2.34. The van der Waals surface area contributed by atoms with Crippen molar-refractivity contribution in [2.75, 3.05) is 19.6 Å². The summed E-state index contributed by atoms with van der Waals surface area (Å²) in [5.74, 6) is 0.702. The summed E-state index contributed by atoms with van der Waals surface area (Å²) in [5, 5.41) is 15.2. The molecule has 178 valence electrons. The van der Waals surface area contributed by atoms with Crippen LogP contribution in [-0.4, -0.2) is 41.7 Å². The Morgan fingerprint density at radius 1 is 0.941 bits per heavy atom. The Kier molecular flexibility index (Phi) is 7.75. The van der Waals surface area contributed by atoms with Crippen LogP contribution in [0.1, 0.15) is 41.6 Å². The smallest absolute Gasteiger partial charge is 0.404 e. The van der Waals surface area contributed by atoms with Crippen molar-refractivity contribution < 1.29 is 14.7 Å². The summed E-state index contributed by atoms with van der Waals surface area (Å²) in [5.41, 5.74) is 10.0. The van der Waals surface area contributed by atoms with Gasteiger partial charge in [0.2, 0.25) is 0 Å². The Hall–Kier alpha value is -3.45. The highest BCUT2D eigenvalue weighted by atomic mass is 16.4. The number of para-hydroxylation sites is 1. The molecule has 1 aliphatic carbocycles. The van der Waals surface area contributed by atoms with Crippen molar-refractivity contribution in [1.82, 2.24) is 15.6 Å². The lowest BCUT2D eigenvalue weighted by atomic mass is 9.82. The Bertz CT molecular complexity index is 1140. The van der Waals surface area contributed by atoms with E-state index in [2.05, 4.69) is 22.8 Å². The van der Waals surface area contributed by atoms with E-state index < -0.39 is 6.09 Å². The van der Waals surface area contributed by atoms with Gasteiger partial charge in [-0.1, -0.05) is 42.5 Å². The molecule has 2 amide bonds. The van der Waals surface area contributed by atoms with Gasteiger partial charge in [0.05, 0.1) is 16.8 Å². The monoisotopic (exact) mass is 460 g/mol. The molecule has 7 heteroatoms. The topological polar surface area (TPSA) is 117 Å². The highest BCUT2D eigenvalue weighted by molar-refractivity contribution is 6.07. The summed E-state index contributed by atoms with van der Waals surface area (Å²) >= 11 is 0. The van der Waals surface area contributed by atoms with E-state index >= 15 is 0 Å². The molecule has 1 fully saturated rings. The van der Waals surface area contributed by atoms with E-state index in [0.717, 1.165) is 54.3 Å². The van der Waals surface area contributed by atoms with Crippen molar-refractivity contribution in [2.24, 2.45) is 17.6 Å².